The van der Waals surface area contributed by atoms with Gasteiger partial charge in [0.15, 0.2) is 0 Å². The Labute approximate surface area is 161 Å². The number of fused-ring (bicyclic) bond motifs is 1. The molecule has 1 saturated heterocycles. The number of hydrogen-bond acceptors (Lipinski definition) is 3. The van der Waals surface area contributed by atoms with E-state index in [-0.39, 0.29) is 5.91 Å². The zero-order valence-electron chi connectivity index (χ0n) is 16.4. The SMILES string of the molecule is Cc1cc(C)cc(N=C2C(=O)N(CN3CCC[C@@H](C)C3)c3ccccc32)c1. The van der Waals surface area contributed by atoms with E-state index in [4.69, 9.17) is 4.99 Å². The summed E-state index contributed by atoms with van der Waals surface area (Å²) in [7, 11) is 0. The van der Waals surface area contributed by atoms with Crippen LogP contribution in [0.5, 0.6) is 0 Å². The predicted molar refractivity (Wildman–Crippen MR) is 111 cm³/mol. The summed E-state index contributed by atoms with van der Waals surface area (Å²) in [5, 5.41) is 0. The summed E-state index contributed by atoms with van der Waals surface area (Å²) >= 11 is 0. The first-order chi connectivity index (χ1) is 13.0. The molecule has 2 aromatic rings. The number of carbonyl (C=O) groups is 1. The van der Waals surface area contributed by atoms with E-state index in [2.05, 4.69) is 31.7 Å². The third-order valence-corrected chi connectivity index (χ3v) is 5.43. The van der Waals surface area contributed by atoms with E-state index >= 15 is 0 Å². The van der Waals surface area contributed by atoms with Crippen LogP contribution in [-0.2, 0) is 4.79 Å². The number of aliphatic imine (C=N–C) groups is 1. The Morgan fingerprint density at radius 3 is 2.59 bits per heavy atom. The predicted octanol–water partition coefficient (Wildman–Crippen LogP) is 4.46. The fourth-order valence-corrected chi connectivity index (χ4v) is 4.27. The van der Waals surface area contributed by atoms with Crippen LogP contribution in [0.3, 0.4) is 0 Å². The molecule has 4 rings (SSSR count). The standard InChI is InChI=1S/C23H27N3O/c1-16-7-6-10-25(14-16)15-26-21-9-5-4-8-20(21)22(23(26)27)24-19-12-17(2)11-18(3)13-19/h4-5,8-9,11-13,16H,6-7,10,14-15H2,1-3H3/t16-/m1/s1. The average Bonchev–Trinajstić information content (AvgIpc) is 2.87. The molecule has 2 heterocycles. The Balaban J connectivity index is 1.68. The van der Waals surface area contributed by atoms with Crippen molar-refractivity contribution in [2.24, 2.45) is 10.9 Å². The smallest absolute Gasteiger partial charge is 0.278 e. The van der Waals surface area contributed by atoms with Crippen molar-refractivity contribution in [1.29, 1.82) is 0 Å². The summed E-state index contributed by atoms with van der Waals surface area (Å²) in [6, 6.07) is 14.2. The molecule has 1 atom stereocenters. The normalized spacial score (nSPS) is 21.7. The summed E-state index contributed by atoms with van der Waals surface area (Å²) in [4.78, 5) is 22.3. The van der Waals surface area contributed by atoms with E-state index in [1.807, 2.05) is 41.3 Å². The molecule has 0 aliphatic carbocycles. The Kier molecular flexibility index (Phi) is 4.83. The Hall–Kier alpha value is -2.46. The maximum atomic E-state index is 13.3. The van der Waals surface area contributed by atoms with Gasteiger partial charge in [-0.25, -0.2) is 4.99 Å². The second-order valence-electron chi connectivity index (χ2n) is 8.02. The van der Waals surface area contributed by atoms with Crippen LogP contribution in [0, 0.1) is 19.8 Å². The molecule has 1 fully saturated rings. The summed E-state index contributed by atoms with van der Waals surface area (Å²) in [5.41, 5.74) is 5.63. The molecular weight excluding hydrogens is 334 g/mol. The van der Waals surface area contributed by atoms with Crippen molar-refractivity contribution in [3.8, 4) is 0 Å². The van der Waals surface area contributed by atoms with Crippen molar-refractivity contribution in [2.75, 3.05) is 24.7 Å². The van der Waals surface area contributed by atoms with Crippen LogP contribution < -0.4 is 4.90 Å². The van der Waals surface area contributed by atoms with Gasteiger partial charge in [0.25, 0.3) is 5.91 Å². The third-order valence-electron chi connectivity index (χ3n) is 5.43. The van der Waals surface area contributed by atoms with E-state index in [9.17, 15) is 4.79 Å². The van der Waals surface area contributed by atoms with Gasteiger partial charge in [-0.05, 0) is 68.5 Å². The Morgan fingerprint density at radius 1 is 1.11 bits per heavy atom. The lowest BCUT2D eigenvalue weighted by Crippen LogP contribution is -2.45. The Morgan fingerprint density at radius 2 is 1.85 bits per heavy atom. The van der Waals surface area contributed by atoms with E-state index in [1.165, 1.54) is 12.8 Å². The fourth-order valence-electron chi connectivity index (χ4n) is 4.27. The maximum Gasteiger partial charge on any atom is 0.278 e. The van der Waals surface area contributed by atoms with Crippen LogP contribution in [0.4, 0.5) is 11.4 Å². The first kappa shape index (κ1) is 17.9. The topological polar surface area (TPSA) is 35.9 Å². The number of benzene rings is 2. The van der Waals surface area contributed by atoms with Gasteiger partial charge in [0.2, 0.25) is 0 Å². The molecule has 0 bridgehead atoms. The van der Waals surface area contributed by atoms with Gasteiger partial charge in [-0.1, -0.05) is 31.2 Å². The van der Waals surface area contributed by atoms with Gasteiger partial charge in [-0.15, -0.1) is 0 Å². The highest BCUT2D eigenvalue weighted by Crippen LogP contribution is 2.32. The highest BCUT2D eigenvalue weighted by Gasteiger charge is 2.35. The van der Waals surface area contributed by atoms with Gasteiger partial charge in [0, 0.05) is 12.1 Å². The number of amides is 1. The van der Waals surface area contributed by atoms with Crippen molar-refractivity contribution >= 4 is 23.0 Å². The van der Waals surface area contributed by atoms with Crippen molar-refractivity contribution in [1.82, 2.24) is 4.90 Å². The van der Waals surface area contributed by atoms with Crippen LogP contribution in [-0.4, -0.2) is 36.3 Å². The monoisotopic (exact) mass is 361 g/mol. The van der Waals surface area contributed by atoms with Gasteiger partial charge in [0.05, 0.1) is 18.0 Å². The number of hydrogen-bond donors (Lipinski definition) is 0. The second-order valence-corrected chi connectivity index (χ2v) is 8.02. The van der Waals surface area contributed by atoms with Crippen LogP contribution in [0.2, 0.25) is 0 Å². The third kappa shape index (κ3) is 3.67. The molecule has 0 unspecified atom stereocenters. The molecule has 1 amide bonds. The second kappa shape index (κ2) is 7.28. The fraction of sp³-hybridized carbons (Fsp3) is 0.391. The molecule has 2 aliphatic heterocycles. The molecule has 27 heavy (non-hydrogen) atoms. The number of aryl methyl sites for hydroxylation is 2. The molecule has 4 nitrogen and oxygen atoms in total. The lowest BCUT2D eigenvalue weighted by Gasteiger charge is -2.33. The number of nitrogens with zero attached hydrogens (tertiary/aromatic N) is 3. The number of carbonyl (C=O) groups excluding carboxylic acids is 1. The highest BCUT2D eigenvalue weighted by molar-refractivity contribution is 6.54. The van der Waals surface area contributed by atoms with E-state index < -0.39 is 0 Å². The van der Waals surface area contributed by atoms with Gasteiger partial charge in [-0.3, -0.25) is 14.6 Å². The largest absolute Gasteiger partial charge is 0.293 e. The van der Waals surface area contributed by atoms with Crippen molar-refractivity contribution in [2.45, 2.75) is 33.6 Å². The number of para-hydroxylation sites is 1. The van der Waals surface area contributed by atoms with Crippen LogP contribution >= 0.6 is 0 Å². The minimum absolute atomic E-state index is 0.00795. The summed E-state index contributed by atoms with van der Waals surface area (Å²) in [6.45, 7) is 9.16. The van der Waals surface area contributed by atoms with E-state index in [0.29, 0.717) is 18.3 Å². The Bertz CT molecular complexity index is 882. The van der Waals surface area contributed by atoms with E-state index in [0.717, 1.165) is 41.2 Å². The van der Waals surface area contributed by atoms with Crippen molar-refractivity contribution in [3.63, 3.8) is 0 Å². The zero-order valence-corrected chi connectivity index (χ0v) is 16.4. The molecule has 0 saturated carbocycles. The quantitative estimate of drug-likeness (QED) is 0.809. The average molecular weight is 361 g/mol. The lowest BCUT2D eigenvalue weighted by molar-refractivity contribution is -0.112. The number of rotatable bonds is 3. The molecule has 0 N–H and O–H groups in total. The van der Waals surface area contributed by atoms with E-state index in [1.54, 1.807) is 0 Å². The van der Waals surface area contributed by atoms with Gasteiger partial charge in [0.1, 0.15) is 5.71 Å². The van der Waals surface area contributed by atoms with Crippen LogP contribution in [0.1, 0.15) is 36.5 Å². The molecule has 2 aromatic carbocycles. The van der Waals surface area contributed by atoms with Gasteiger partial charge < -0.3 is 0 Å². The molecule has 2 aliphatic rings. The van der Waals surface area contributed by atoms with Crippen molar-refractivity contribution in [3.05, 3.63) is 59.2 Å². The molecule has 4 heteroatoms. The maximum absolute atomic E-state index is 13.3. The first-order valence-electron chi connectivity index (χ1n) is 9.82. The molecule has 140 valence electrons. The summed E-state index contributed by atoms with van der Waals surface area (Å²) in [6.07, 6.45) is 2.48. The zero-order chi connectivity index (χ0) is 19.0. The minimum Gasteiger partial charge on any atom is -0.293 e. The summed E-state index contributed by atoms with van der Waals surface area (Å²) in [5.74, 6) is 0.698. The number of likely N-dealkylation sites (tertiary alicyclic amines) is 1. The number of anilines is 1. The molecule has 0 spiro atoms. The molecule has 0 aromatic heterocycles. The van der Waals surface area contributed by atoms with Gasteiger partial charge >= 0.3 is 0 Å². The van der Waals surface area contributed by atoms with Crippen LogP contribution in [0.15, 0.2) is 47.5 Å². The minimum atomic E-state index is 0.00795. The highest BCUT2D eigenvalue weighted by atomic mass is 16.2. The summed E-state index contributed by atoms with van der Waals surface area (Å²) < 4.78 is 0. The first-order valence-corrected chi connectivity index (χ1v) is 9.82. The van der Waals surface area contributed by atoms with Gasteiger partial charge in [-0.2, -0.15) is 0 Å². The molecule has 0 radical (unpaired) electrons. The lowest BCUT2D eigenvalue weighted by atomic mass is 10.0. The molecular formula is C23H27N3O. The van der Waals surface area contributed by atoms with Crippen molar-refractivity contribution < 1.29 is 4.79 Å². The van der Waals surface area contributed by atoms with Crippen LogP contribution in [0.25, 0.3) is 0 Å². The number of piperidine rings is 1.